The maximum atomic E-state index is 12.8. The lowest BCUT2D eigenvalue weighted by atomic mass is 10.1. The number of hydrogen-bond acceptors (Lipinski definition) is 4. The summed E-state index contributed by atoms with van der Waals surface area (Å²) in [6.07, 6.45) is 1.93. The highest BCUT2D eigenvalue weighted by Crippen LogP contribution is 2.35. The molecule has 10 heteroatoms. The monoisotopic (exact) mass is 514 g/mol. The minimum absolute atomic E-state index is 0.117. The predicted molar refractivity (Wildman–Crippen MR) is 146 cm³/mol. The van der Waals surface area contributed by atoms with Gasteiger partial charge in [-0.05, 0) is 55.0 Å². The molecule has 0 bridgehead atoms. The summed E-state index contributed by atoms with van der Waals surface area (Å²) in [6.45, 7) is 4.08. The summed E-state index contributed by atoms with van der Waals surface area (Å²) in [5.74, 6) is 0.670. The van der Waals surface area contributed by atoms with Crippen molar-refractivity contribution in [3.05, 3.63) is 76.8 Å². The van der Waals surface area contributed by atoms with Gasteiger partial charge >= 0.3 is 5.69 Å². The SMILES string of the molecule is CCNS(=O)(=O)c1ccc2nc(-c3c[nH]c4cc(C)ccc34)n(-c3ccc4c(c3)n(C)c(=O)n4C)c2c1. The molecule has 0 aliphatic carbocycles. The van der Waals surface area contributed by atoms with Crippen LogP contribution in [-0.2, 0) is 24.1 Å². The van der Waals surface area contributed by atoms with E-state index in [-0.39, 0.29) is 10.6 Å². The highest BCUT2D eigenvalue weighted by atomic mass is 32.2. The molecule has 0 fully saturated rings. The van der Waals surface area contributed by atoms with E-state index in [9.17, 15) is 13.2 Å². The molecule has 0 spiro atoms. The number of nitrogens with zero attached hydrogens (tertiary/aromatic N) is 4. The predicted octanol–water partition coefficient (Wildman–Crippen LogP) is 3.97. The Morgan fingerprint density at radius 3 is 2.51 bits per heavy atom. The van der Waals surface area contributed by atoms with Crippen molar-refractivity contribution < 1.29 is 8.42 Å². The van der Waals surface area contributed by atoms with E-state index in [1.165, 1.54) is 0 Å². The smallest absolute Gasteiger partial charge is 0.328 e. The molecular formula is C27H26N6O3S. The lowest BCUT2D eigenvalue weighted by Crippen LogP contribution is -2.23. The number of aryl methyl sites for hydroxylation is 3. The molecule has 0 saturated heterocycles. The summed E-state index contributed by atoms with van der Waals surface area (Å²) >= 11 is 0. The number of nitrogens with one attached hydrogen (secondary N) is 2. The Bertz CT molecular complexity index is 2020. The van der Waals surface area contributed by atoms with E-state index in [1.54, 1.807) is 48.4 Å². The van der Waals surface area contributed by atoms with Crippen molar-refractivity contribution in [2.45, 2.75) is 18.7 Å². The van der Waals surface area contributed by atoms with E-state index >= 15 is 0 Å². The Kier molecular flexibility index (Phi) is 5.15. The number of aromatic amines is 1. The van der Waals surface area contributed by atoms with Gasteiger partial charge in [-0.2, -0.15) is 0 Å². The molecule has 37 heavy (non-hydrogen) atoms. The molecule has 6 aromatic rings. The van der Waals surface area contributed by atoms with Gasteiger partial charge in [-0.25, -0.2) is 22.9 Å². The molecule has 2 N–H and O–H groups in total. The van der Waals surface area contributed by atoms with Crippen LogP contribution in [0.4, 0.5) is 0 Å². The Labute approximate surface area is 213 Å². The molecular weight excluding hydrogens is 488 g/mol. The van der Waals surface area contributed by atoms with Gasteiger partial charge in [0, 0.05) is 49.0 Å². The number of H-pyrrole nitrogens is 1. The molecule has 3 heterocycles. The first-order valence-electron chi connectivity index (χ1n) is 12.0. The first kappa shape index (κ1) is 23.3. The number of sulfonamides is 1. The molecule has 0 saturated carbocycles. The number of imidazole rings is 2. The molecule has 188 valence electrons. The topological polar surface area (TPSA) is 107 Å². The third kappa shape index (κ3) is 3.52. The van der Waals surface area contributed by atoms with E-state index in [2.05, 4.69) is 27.9 Å². The lowest BCUT2D eigenvalue weighted by molar-refractivity contribution is 0.584. The molecule has 0 amide bonds. The van der Waals surface area contributed by atoms with Crippen LogP contribution >= 0.6 is 0 Å². The quantitative estimate of drug-likeness (QED) is 0.363. The molecule has 3 aromatic carbocycles. The molecule has 0 radical (unpaired) electrons. The van der Waals surface area contributed by atoms with Crippen LogP contribution in [0.2, 0.25) is 0 Å². The summed E-state index contributed by atoms with van der Waals surface area (Å²) in [5.41, 5.74) is 6.56. The van der Waals surface area contributed by atoms with Crippen LogP contribution in [0.3, 0.4) is 0 Å². The van der Waals surface area contributed by atoms with E-state index in [4.69, 9.17) is 4.98 Å². The van der Waals surface area contributed by atoms with Crippen LogP contribution in [0.15, 0.2) is 70.5 Å². The second kappa shape index (κ2) is 8.19. The van der Waals surface area contributed by atoms with Crippen molar-refractivity contribution >= 4 is 43.0 Å². The van der Waals surface area contributed by atoms with Gasteiger partial charge in [0.1, 0.15) is 5.82 Å². The van der Waals surface area contributed by atoms with Crippen LogP contribution in [-0.4, -0.2) is 38.6 Å². The third-order valence-electron chi connectivity index (χ3n) is 6.86. The Balaban J connectivity index is 1.70. The largest absolute Gasteiger partial charge is 0.360 e. The van der Waals surface area contributed by atoms with Crippen LogP contribution in [0, 0.1) is 6.92 Å². The molecule has 6 rings (SSSR count). The average Bonchev–Trinajstić information content (AvgIpc) is 3.52. The fraction of sp³-hybridized carbons (Fsp3) is 0.185. The summed E-state index contributed by atoms with van der Waals surface area (Å²) in [6, 6.07) is 16.9. The van der Waals surface area contributed by atoms with Crippen molar-refractivity contribution in [2.24, 2.45) is 14.1 Å². The van der Waals surface area contributed by atoms with E-state index < -0.39 is 10.0 Å². The summed E-state index contributed by atoms with van der Waals surface area (Å²) in [5, 5.41) is 1.01. The number of aromatic nitrogens is 5. The minimum Gasteiger partial charge on any atom is -0.360 e. The van der Waals surface area contributed by atoms with Gasteiger partial charge in [0.15, 0.2) is 0 Å². The first-order valence-corrected chi connectivity index (χ1v) is 13.4. The Morgan fingerprint density at radius 1 is 0.946 bits per heavy atom. The van der Waals surface area contributed by atoms with Crippen molar-refractivity contribution in [1.29, 1.82) is 0 Å². The van der Waals surface area contributed by atoms with Gasteiger partial charge in [-0.1, -0.05) is 19.1 Å². The molecule has 3 aromatic heterocycles. The van der Waals surface area contributed by atoms with Crippen molar-refractivity contribution in [1.82, 2.24) is 28.4 Å². The molecule has 0 atom stereocenters. The first-order chi connectivity index (χ1) is 17.7. The van der Waals surface area contributed by atoms with Crippen LogP contribution < -0.4 is 10.4 Å². The van der Waals surface area contributed by atoms with Gasteiger partial charge in [0.05, 0.1) is 27.0 Å². The summed E-state index contributed by atoms with van der Waals surface area (Å²) in [7, 11) is -0.190. The van der Waals surface area contributed by atoms with Gasteiger partial charge in [-0.3, -0.25) is 13.7 Å². The number of fused-ring (bicyclic) bond motifs is 3. The fourth-order valence-electron chi connectivity index (χ4n) is 5.00. The Morgan fingerprint density at radius 2 is 1.73 bits per heavy atom. The minimum atomic E-state index is -3.67. The van der Waals surface area contributed by atoms with Gasteiger partial charge in [0.2, 0.25) is 10.0 Å². The van der Waals surface area contributed by atoms with Crippen molar-refractivity contribution in [2.75, 3.05) is 6.54 Å². The maximum Gasteiger partial charge on any atom is 0.328 e. The number of benzene rings is 3. The van der Waals surface area contributed by atoms with Crippen LogP contribution in [0.1, 0.15) is 12.5 Å². The normalized spacial score (nSPS) is 12.3. The van der Waals surface area contributed by atoms with E-state index in [0.29, 0.717) is 23.4 Å². The molecule has 9 nitrogen and oxygen atoms in total. The maximum absolute atomic E-state index is 12.8. The Hall–Kier alpha value is -4.15. The molecule has 0 aliphatic heterocycles. The highest BCUT2D eigenvalue weighted by molar-refractivity contribution is 7.89. The second-order valence-corrected chi connectivity index (χ2v) is 11.0. The van der Waals surface area contributed by atoms with E-state index in [0.717, 1.165) is 38.8 Å². The number of hydrogen-bond donors (Lipinski definition) is 2. The average molecular weight is 515 g/mol. The highest BCUT2D eigenvalue weighted by Gasteiger charge is 2.21. The fourth-order valence-corrected chi connectivity index (χ4v) is 6.06. The summed E-state index contributed by atoms with van der Waals surface area (Å²) < 4.78 is 33.4. The molecule has 0 aliphatic rings. The van der Waals surface area contributed by atoms with Crippen molar-refractivity contribution in [3.63, 3.8) is 0 Å². The van der Waals surface area contributed by atoms with Gasteiger partial charge in [-0.15, -0.1) is 0 Å². The standard InChI is InChI=1S/C27H26N6O3S/c1-5-29-37(35,36)18-8-10-21-24(14-18)33(17-7-11-23-25(13-17)32(4)27(34)31(23)3)26(30-21)20-15-28-22-12-16(2)6-9-19(20)22/h6-15,28-29H,5H2,1-4H3. The van der Waals surface area contributed by atoms with Crippen molar-refractivity contribution in [3.8, 4) is 17.1 Å². The second-order valence-electron chi connectivity index (χ2n) is 9.25. The zero-order chi connectivity index (χ0) is 26.1. The van der Waals surface area contributed by atoms with Gasteiger partial charge in [0.25, 0.3) is 0 Å². The van der Waals surface area contributed by atoms with E-state index in [1.807, 2.05) is 35.9 Å². The lowest BCUT2D eigenvalue weighted by Gasteiger charge is -2.11. The summed E-state index contributed by atoms with van der Waals surface area (Å²) in [4.78, 5) is 21.0. The molecule has 0 unspecified atom stereocenters. The van der Waals surface area contributed by atoms with Gasteiger partial charge < -0.3 is 4.98 Å². The van der Waals surface area contributed by atoms with Crippen LogP contribution in [0.5, 0.6) is 0 Å². The third-order valence-corrected chi connectivity index (χ3v) is 8.41. The van der Waals surface area contributed by atoms with Crippen LogP contribution in [0.25, 0.3) is 50.0 Å². The zero-order valence-electron chi connectivity index (χ0n) is 20.9. The number of rotatable bonds is 5. The zero-order valence-corrected chi connectivity index (χ0v) is 21.7.